The van der Waals surface area contributed by atoms with Crippen LogP contribution < -0.4 is 10.9 Å². The first-order valence-electron chi connectivity index (χ1n) is 6.69. The monoisotopic (exact) mass is 307 g/mol. The van der Waals surface area contributed by atoms with Gasteiger partial charge in [0.05, 0.1) is 5.69 Å². The van der Waals surface area contributed by atoms with E-state index in [1.165, 1.54) is 30.0 Å². The van der Waals surface area contributed by atoms with Crippen molar-refractivity contribution >= 4 is 11.8 Å². The fourth-order valence-electron chi connectivity index (χ4n) is 2.00. The molecule has 0 saturated heterocycles. The summed E-state index contributed by atoms with van der Waals surface area (Å²) in [6.45, 7) is 2.58. The summed E-state index contributed by atoms with van der Waals surface area (Å²) in [6, 6.07) is 8.19. The van der Waals surface area contributed by atoms with Gasteiger partial charge in [-0.3, -0.25) is 4.79 Å². The third-order valence-electron chi connectivity index (χ3n) is 3.05. The number of nitrogens with zero attached hydrogens (tertiary/aromatic N) is 1. The minimum absolute atomic E-state index is 0.141. The fourth-order valence-corrected chi connectivity index (χ4v) is 2.41. The Kier molecular flexibility index (Phi) is 5.52. The number of thioether (sulfide) groups is 1. The minimum Gasteiger partial charge on any atom is -0.308 e. The molecule has 0 aliphatic rings. The molecule has 1 aromatic carbocycles. The summed E-state index contributed by atoms with van der Waals surface area (Å²) in [5, 5.41) is 3.94. The van der Waals surface area contributed by atoms with E-state index in [9.17, 15) is 9.18 Å². The molecule has 4 nitrogen and oxygen atoms in total. The molecule has 0 radical (unpaired) electrons. The zero-order valence-electron chi connectivity index (χ0n) is 12.0. The van der Waals surface area contributed by atoms with Crippen LogP contribution >= 0.6 is 11.8 Å². The molecule has 0 spiro atoms. The summed E-state index contributed by atoms with van der Waals surface area (Å²) < 4.78 is 12.8. The van der Waals surface area contributed by atoms with Gasteiger partial charge in [-0.1, -0.05) is 23.9 Å². The SMILES string of the molecule is CSc1nc(CNC(C)Cc2ccc(F)cc2)cc(=O)[nH]1. The van der Waals surface area contributed by atoms with Gasteiger partial charge in [0.2, 0.25) is 0 Å². The number of rotatable bonds is 6. The number of hydrogen-bond donors (Lipinski definition) is 2. The molecule has 1 heterocycles. The Morgan fingerprint density at radius 2 is 2.10 bits per heavy atom. The lowest BCUT2D eigenvalue weighted by Crippen LogP contribution is -2.28. The Bertz CT molecular complexity index is 642. The van der Waals surface area contributed by atoms with Gasteiger partial charge >= 0.3 is 0 Å². The topological polar surface area (TPSA) is 57.8 Å². The first kappa shape index (κ1) is 15.7. The second-order valence-corrected chi connectivity index (χ2v) is 5.65. The summed E-state index contributed by atoms with van der Waals surface area (Å²) in [6.07, 6.45) is 2.66. The predicted molar refractivity (Wildman–Crippen MR) is 83.0 cm³/mol. The Morgan fingerprint density at radius 1 is 1.38 bits per heavy atom. The van der Waals surface area contributed by atoms with Crippen molar-refractivity contribution in [2.45, 2.75) is 31.1 Å². The molecule has 0 aliphatic carbocycles. The molecule has 0 aliphatic heterocycles. The van der Waals surface area contributed by atoms with Gasteiger partial charge in [-0.15, -0.1) is 0 Å². The van der Waals surface area contributed by atoms with Gasteiger partial charge in [-0.05, 0) is 37.3 Å². The Morgan fingerprint density at radius 3 is 2.76 bits per heavy atom. The minimum atomic E-state index is -0.225. The lowest BCUT2D eigenvalue weighted by molar-refractivity contribution is 0.536. The van der Waals surface area contributed by atoms with Crippen LogP contribution in [-0.2, 0) is 13.0 Å². The number of halogens is 1. The zero-order chi connectivity index (χ0) is 15.2. The van der Waals surface area contributed by atoms with Gasteiger partial charge in [0.1, 0.15) is 5.82 Å². The van der Waals surface area contributed by atoms with Gasteiger partial charge < -0.3 is 10.3 Å². The predicted octanol–water partition coefficient (Wildman–Crippen LogP) is 2.35. The smallest absolute Gasteiger partial charge is 0.251 e. The zero-order valence-corrected chi connectivity index (χ0v) is 12.8. The van der Waals surface area contributed by atoms with E-state index in [4.69, 9.17) is 0 Å². The van der Waals surface area contributed by atoms with E-state index in [2.05, 4.69) is 15.3 Å². The number of hydrogen-bond acceptors (Lipinski definition) is 4. The summed E-state index contributed by atoms with van der Waals surface area (Å²) in [5.74, 6) is -0.225. The summed E-state index contributed by atoms with van der Waals surface area (Å²) >= 11 is 1.41. The van der Waals surface area contributed by atoms with Gasteiger partial charge in [0.25, 0.3) is 5.56 Å². The van der Waals surface area contributed by atoms with E-state index in [1.54, 1.807) is 12.1 Å². The van der Waals surface area contributed by atoms with Crippen molar-refractivity contribution in [1.82, 2.24) is 15.3 Å². The number of H-pyrrole nitrogens is 1. The van der Waals surface area contributed by atoms with Gasteiger partial charge in [-0.25, -0.2) is 9.37 Å². The van der Waals surface area contributed by atoms with Gasteiger partial charge in [-0.2, -0.15) is 0 Å². The highest BCUT2D eigenvalue weighted by Crippen LogP contribution is 2.07. The van der Waals surface area contributed by atoms with E-state index in [0.717, 1.165) is 12.0 Å². The van der Waals surface area contributed by atoms with Crippen LogP contribution in [0, 0.1) is 5.82 Å². The largest absolute Gasteiger partial charge is 0.308 e. The highest BCUT2D eigenvalue weighted by Gasteiger charge is 2.06. The summed E-state index contributed by atoms with van der Waals surface area (Å²) in [5.41, 5.74) is 1.64. The molecule has 0 bridgehead atoms. The molecule has 0 amide bonds. The quantitative estimate of drug-likeness (QED) is 0.635. The highest BCUT2D eigenvalue weighted by atomic mass is 32.2. The Balaban J connectivity index is 1.91. The van der Waals surface area contributed by atoms with Crippen LogP contribution in [0.2, 0.25) is 0 Å². The van der Waals surface area contributed by atoms with Crippen LogP contribution in [0.4, 0.5) is 4.39 Å². The third kappa shape index (κ3) is 4.99. The second kappa shape index (κ2) is 7.38. The average molecular weight is 307 g/mol. The van der Waals surface area contributed by atoms with Crippen molar-refractivity contribution in [3.8, 4) is 0 Å². The first-order valence-corrected chi connectivity index (χ1v) is 7.91. The van der Waals surface area contributed by atoms with Crippen molar-refractivity contribution in [3.05, 3.63) is 57.8 Å². The van der Waals surface area contributed by atoms with Crippen LogP contribution in [0.1, 0.15) is 18.2 Å². The van der Waals surface area contributed by atoms with Crippen LogP contribution in [0.3, 0.4) is 0 Å². The van der Waals surface area contributed by atoms with E-state index in [-0.39, 0.29) is 17.4 Å². The van der Waals surface area contributed by atoms with Crippen LogP contribution in [0.5, 0.6) is 0 Å². The Labute approximate surface area is 127 Å². The van der Waals surface area contributed by atoms with Gasteiger partial charge in [0.15, 0.2) is 5.16 Å². The maximum atomic E-state index is 12.8. The molecular formula is C15H18FN3OS. The van der Waals surface area contributed by atoms with Crippen molar-refractivity contribution in [2.75, 3.05) is 6.26 Å². The molecule has 2 N–H and O–H groups in total. The lowest BCUT2D eigenvalue weighted by Gasteiger charge is -2.13. The Hall–Kier alpha value is -1.66. The van der Waals surface area contributed by atoms with E-state index in [0.29, 0.717) is 17.4 Å². The van der Waals surface area contributed by atoms with Gasteiger partial charge in [0, 0.05) is 18.7 Å². The molecule has 2 rings (SSSR count). The van der Waals surface area contributed by atoms with Crippen LogP contribution in [0.15, 0.2) is 40.3 Å². The molecule has 0 fully saturated rings. The number of aromatic nitrogens is 2. The molecule has 2 aromatic rings. The molecule has 1 unspecified atom stereocenters. The van der Waals surface area contributed by atoms with E-state index >= 15 is 0 Å². The summed E-state index contributed by atoms with van der Waals surface area (Å²) in [7, 11) is 0. The standard InChI is InChI=1S/C15H18FN3OS/c1-10(7-11-3-5-12(16)6-4-11)17-9-13-8-14(20)19-15(18-13)21-2/h3-6,8,10,17H,7,9H2,1-2H3,(H,18,19,20). The number of nitrogens with one attached hydrogen (secondary N) is 2. The molecular weight excluding hydrogens is 289 g/mol. The second-order valence-electron chi connectivity index (χ2n) is 4.86. The van der Waals surface area contributed by atoms with E-state index in [1.807, 2.05) is 13.2 Å². The maximum Gasteiger partial charge on any atom is 0.251 e. The molecule has 0 saturated carbocycles. The van der Waals surface area contributed by atoms with Crippen molar-refractivity contribution in [2.24, 2.45) is 0 Å². The van der Waals surface area contributed by atoms with Crippen LogP contribution in [0.25, 0.3) is 0 Å². The normalized spacial score (nSPS) is 12.3. The molecule has 6 heteroatoms. The van der Waals surface area contributed by atoms with Crippen LogP contribution in [-0.4, -0.2) is 22.3 Å². The highest BCUT2D eigenvalue weighted by molar-refractivity contribution is 7.98. The lowest BCUT2D eigenvalue weighted by atomic mass is 10.1. The maximum absolute atomic E-state index is 12.8. The molecule has 112 valence electrons. The van der Waals surface area contributed by atoms with Crippen molar-refractivity contribution in [3.63, 3.8) is 0 Å². The number of aromatic amines is 1. The molecule has 1 atom stereocenters. The number of benzene rings is 1. The summed E-state index contributed by atoms with van der Waals surface area (Å²) in [4.78, 5) is 18.5. The first-order chi connectivity index (χ1) is 10.1. The molecule has 1 aromatic heterocycles. The van der Waals surface area contributed by atoms with Crippen molar-refractivity contribution < 1.29 is 4.39 Å². The van der Waals surface area contributed by atoms with E-state index < -0.39 is 0 Å². The molecule has 21 heavy (non-hydrogen) atoms. The third-order valence-corrected chi connectivity index (χ3v) is 3.63. The average Bonchev–Trinajstić information content (AvgIpc) is 2.47. The van der Waals surface area contributed by atoms with Crippen molar-refractivity contribution in [1.29, 1.82) is 0 Å². The fraction of sp³-hybridized carbons (Fsp3) is 0.333.